The van der Waals surface area contributed by atoms with Crippen molar-refractivity contribution in [2.75, 3.05) is 6.54 Å². The zero-order valence-corrected chi connectivity index (χ0v) is 5.67. The molecule has 52 valence electrons. The Balaban J connectivity index is 3.29. The van der Waals surface area contributed by atoms with Gasteiger partial charge in [0.15, 0.2) is 5.96 Å². The van der Waals surface area contributed by atoms with Gasteiger partial charge in [-0.2, -0.15) is 0 Å². The van der Waals surface area contributed by atoms with Gasteiger partial charge in [-0.15, -0.1) is 0 Å². The number of hydrogen-bond donors (Lipinski definition) is 2. The van der Waals surface area contributed by atoms with Gasteiger partial charge in [-0.1, -0.05) is 19.1 Å². The summed E-state index contributed by atoms with van der Waals surface area (Å²) in [5.74, 6) is 0.149. The maximum absolute atomic E-state index is 5.07. The summed E-state index contributed by atoms with van der Waals surface area (Å²) in [7, 11) is 0. The van der Waals surface area contributed by atoms with Gasteiger partial charge in [0.25, 0.3) is 0 Å². The lowest BCUT2D eigenvalue weighted by Crippen LogP contribution is -2.22. The third-order valence-electron chi connectivity index (χ3n) is 0.782. The highest BCUT2D eigenvalue weighted by Gasteiger charge is 1.73. The largest absolute Gasteiger partial charge is 0.370 e. The Morgan fingerprint density at radius 2 is 2.11 bits per heavy atom. The van der Waals surface area contributed by atoms with E-state index in [2.05, 4.69) is 11.9 Å². The van der Waals surface area contributed by atoms with Crippen LogP contribution in [0.1, 0.15) is 13.3 Å². The molecule has 0 amide bonds. The third-order valence-corrected chi connectivity index (χ3v) is 0.782. The molecule has 9 heavy (non-hydrogen) atoms. The number of allylic oxidation sites excluding steroid dienone is 1. The Labute approximate surface area is 55.4 Å². The van der Waals surface area contributed by atoms with Crippen molar-refractivity contribution in [2.24, 2.45) is 16.5 Å². The summed E-state index contributed by atoms with van der Waals surface area (Å²) in [6.45, 7) is 2.65. The number of nitrogens with zero attached hydrogens (tertiary/aromatic N) is 1. The average Bonchev–Trinajstić information content (AvgIpc) is 1.80. The fourth-order valence-electron chi connectivity index (χ4n) is 0.399. The molecule has 3 nitrogen and oxygen atoms in total. The SMILES string of the molecule is CC/C=C/CN=C(N)N. The van der Waals surface area contributed by atoms with Crippen LogP contribution in [0.3, 0.4) is 0 Å². The molecule has 4 N–H and O–H groups in total. The summed E-state index contributed by atoms with van der Waals surface area (Å²) in [6.07, 6.45) is 4.98. The van der Waals surface area contributed by atoms with E-state index in [9.17, 15) is 0 Å². The molecule has 0 aliphatic heterocycles. The Kier molecular flexibility index (Phi) is 4.59. The second-order valence-electron chi connectivity index (χ2n) is 1.65. The summed E-state index contributed by atoms with van der Waals surface area (Å²) < 4.78 is 0. The summed E-state index contributed by atoms with van der Waals surface area (Å²) in [6, 6.07) is 0. The van der Waals surface area contributed by atoms with E-state index in [-0.39, 0.29) is 5.96 Å². The minimum Gasteiger partial charge on any atom is -0.370 e. The molecule has 0 spiro atoms. The van der Waals surface area contributed by atoms with Crippen LogP contribution in [-0.4, -0.2) is 12.5 Å². The maximum atomic E-state index is 5.07. The lowest BCUT2D eigenvalue weighted by molar-refractivity contribution is 1.16. The second kappa shape index (κ2) is 5.15. The van der Waals surface area contributed by atoms with Crippen molar-refractivity contribution >= 4 is 5.96 Å². The van der Waals surface area contributed by atoms with Crippen LogP contribution in [0.25, 0.3) is 0 Å². The predicted octanol–water partition coefficient (Wildman–Crippen LogP) is 0.226. The Morgan fingerprint density at radius 1 is 1.44 bits per heavy atom. The molecule has 0 fully saturated rings. The van der Waals surface area contributed by atoms with Gasteiger partial charge < -0.3 is 11.5 Å². The van der Waals surface area contributed by atoms with Crippen molar-refractivity contribution in [3.8, 4) is 0 Å². The van der Waals surface area contributed by atoms with Crippen molar-refractivity contribution in [1.82, 2.24) is 0 Å². The summed E-state index contributed by atoms with van der Waals surface area (Å²) in [4.78, 5) is 3.75. The molecule has 0 aromatic rings. The van der Waals surface area contributed by atoms with Crippen molar-refractivity contribution in [2.45, 2.75) is 13.3 Å². The van der Waals surface area contributed by atoms with Crippen LogP contribution in [0.5, 0.6) is 0 Å². The fraction of sp³-hybridized carbons (Fsp3) is 0.500. The van der Waals surface area contributed by atoms with E-state index in [1.54, 1.807) is 0 Å². The summed E-state index contributed by atoms with van der Waals surface area (Å²) in [5.41, 5.74) is 10.1. The van der Waals surface area contributed by atoms with Gasteiger partial charge >= 0.3 is 0 Å². The van der Waals surface area contributed by atoms with Crippen LogP contribution >= 0.6 is 0 Å². The number of guanidine groups is 1. The Hall–Kier alpha value is -0.990. The van der Waals surface area contributed by atoms with Crippen molar-refractivity contribution in [3.63, 3.8) is 0 Å². The van der Waals surface area contributed by atoms with Crippen LogP contribution in [-0.2, 0) is 0 Å². The zero-order chi connectivity index (χ0) is 7.11. The normalized spacial score (nSPS) is 9.89. The molecule has 0 bridgehead atoms. The minimum absolute atomic E-state index is 0.149. The van der Waals surface area contributed by atoms with Gasteiger partial charge in [-0.3, -0.25) is 0 Å². The first-order valence-corrected chi connectivity index (χ1v) is 2.97. The van der Waals surface area contributed by atoms with E-state index >= 15 is 0 Å². The van der Waals surface area contributed by atoms with Crippen LogP contribution < -0.4 is 11.5 Å². The van der Waals surface area contributed by atoms with E-state index in [0.717, 1.165) is 6.42 Å². The molecule has 0 atom stereocenters. The van der Waals surface area contributed by atoms with E-state index in [1.165, 1.54) is 0 Å². The van der Waals surface area contributed by atoms with Gasteiger partial charge in [-0.25, -0.2) is 4.99 Å². The molecule has 0 saturated carbocycles. The number of hydrogen-bond acceptors (Lipinski definition) is 1. The first-order chi connectivity index (χ1) is 4.27. The van der Waals surface area contributed by atoms with Crippen LogP contribution in [0.15, 0.2) is 17.1 Å². The average molecular weight is 127 g/mol. The minimum atomic E-state index is 0.149. The number of rotatable bonds is 3. The number of aliphatic imine (C=N–C) groups is 1. The van der Waals surface area contributed by atoms with E-state index in [4.69, 9.17) is 11.5 Å². The molecule has 0 heterocycles. The molecule has 0 radical (unpaired) electrons. The van der Waals surface area contributed by atoms with Crippen LogP contribution in [0.4, 0.5) is 0 Å². The molecule has 0 rings (SSSR count). The van der Waals surface area contributed by atoms with E-state index < -0.39 is 0 Å². The van der Waals surface area contributed by atoms with Gasteiger partial charge in [0.1, 0.15) is 0 Å². The third kappa shape index (κ3) is 7.01. The molecule has 0 aromatic carbocycles. The Morgan fingerprint density at radius 3 is 2.56 bits per heavy atom. The number of nitrogens with two attached hydrogens (primary N) is 2. The van der Waals surface area contributed by atoms with Gasteiger partial charge in [0, 0.05) is 0 Å². The molecular formula is C6H13N3. The predicted molar refractivity (Wildman–Crippen MR) is 40.1 cm³/mol. The van der Waals surface area contributed by atoms with Crippen molar-refractivity contribution in [1.29, 1.82) is 0 Å². The first kappa shape index (κ1) is 8.01. The lowest BCUT2D eigenvalue weighted by Gasteiger charge is -1.85. The summed E-state index contributed by atoms with van der Waals surface area (Å²) >= 11 is 0. The smallest absolute Gasteiger partial charge is 0.186 e. The molecular weight excluding hydrogens is 114 g/mol. The molecule has 0 aliphatic carbocycles. The fourth-order valence-corrected chi connectivity index (χ4v) is 0.399. The van der Waals surface area contributed by atoms with Gasteiger partial charge in [0.05, 0.1) is 6.54 Å². The van der Waals surface area contributed by atoms with Gasteiger partial charge in [0.2, 0.25) is 0 Å². The van der Waals surface area contributed by atoms with Crippen molar-refractivity contribution < 1.29 is 0 Å². The topological polar surface area (TPSA) is 64.4 Å². The van der Waals surface area contributed by atoms with Gasteiger partial charge in [-0.05, 0) is 6.42 Å². The summed E-state index contributed by atoms with van der Waals surface area (Å²) in [5, 5.41) is 0. The highest BCUT2D eigenvalue weighted by molar-refractivity contribution is 5.75. The highest BCUT2D eigenvalue weighted by Crippen LogP contribution is 1.78. The molecule has 0 saturated heterocycles. The molecule has 3 heteroatoms. The Bertz CT molecular complexity index is 111. The van der Waals surface area contributed by atoms with Crippen LogP contribution in [0.2, 0.25) is 0 Å². The quantitative estimate of drug-likeness (QED) is 0.324. The van der Waals surface area contributed by atoms with Crippen LogP contribution in [0, 0.1) is 0 Å². The standard InChI is InChI=1S/C6H13N3/c1-2-3-4-5-9-6(7)8/h3-4H,2,5H2,1H3,(H4,7,8,9)/b4-3+. The first-order valence-electron chi connectivity index (χ1n) is 2.97. The zero-order valence-electron chi connectivity index (χ0n) is 5.67. The van der Waals surface area contributed by atoms with E-state index in [0.29, 0.717) is 6.54 Å². The molecule has 0 unspecified atom stereocenters. The maximum Gasteiger partial charge on any atom is 0.186 e. The lowest BCUT2D eigenvalue weighted by atomic mass is 10.4. The highest BCUT2D eigenvalue weighted by atomic mass is 15.0. The van der Waals surface area contributed by atoms with Crippen molar-refractivity contribution in [3.05, 3.63) is 12.2 Å². The second-order valence-corrected chi connectivity index (χ2v) is 1.65. The molecule has 0 aliphatic rings. The monoisotopic (exact) mass is 127 g/mol. The van der Waals surface area contributed by atoms with E-state index in [1.807, 2.05) is 12.2 Å². The molecule has 0 aromatic heterocycles.